The van der Waals surface area contributed by atoms with E-state index >= 15 is 0 Å². The predicted molar refractivity (Wildman–Crippen MR) is 77.2 cm³/mol. The lowest BCUT2D eigenvalue weighted by atomic mass is 9.97. The maximum absolute atomic E-state index is 6.11. The second-order valence-corrected chi connectivity index (χ2v) is 5.90. The summed E-state index contributed by atoms with van der Waals surface area (Å²) in [6.07, 6.45) is 4.71. The van der Waals surface area contributed by atoms with Crippen molar-refractivity contribution in [3.63, 3.8) is 0 Å². The molecule has 0 unspecified atom stereocenters. The highest BCUT2D eigenvalue weighted by atomic mass is 14.6. The zero-order valence-corrected chi connectivity index (χ0v) is 11.8. The molecule has 96 valence electrons. The van der Waals surface area contributed by atoms with Gasteiger partial charge in [-0.3, -0.25) is 0 Å². The van der Waals surface area contributed by atoms with Gasteiger partial charge in [-0.2, -0.15) is 0 Å². The SMILES string of the molecule is CC(C)CCc1ccc(CCC(C)C)c(N)c1. The zero-order valence-electron chi connectivity index (χ0n) is 11.8. The van der Waals surface area contributed by atoms with Crippen LogP contribution in [-0.2, 0) is 12.8 Å². The van der Waals surface area contributed by atoms with Crippen molar-refractivity contribution >= 4 is 5.69 Å². The monoisotopic (exact) mass is 233 g/mol. The summed E-state index contributed by atoms with van der Waals surface area (Å²) in [5.41, 5.74) is 9.78. The molecule has 0 saturated carbocycles. The molecule has 1 nitrogen and oxygen atoms in total. The van der Waals surface area contributed by atoms with Gasteiger partial charge in [0.25, 0.3) is 0 Å². The van der Waals surface area contributed by atoms with Gasteiger partial charge in [0.05, 0.1) is 0 Å². The molecule has 0 saturated heterocycles. The molecule has 0 aromatic heterocycles. The van der Waals surface area contributed by atoms with Crippen LogP contribution in [0.1, 0.15) is 51.7 Å². The van der Waals surface area contributed by atoms with Crippen molar-refractivity contribution in [2.75, 3.05) is 5.73 Å². The van der Waals surface area contributed by atoms with E-state index in [1.165, 1.54) is 24.0 Å². The third-order valence-electron chi connectivity index (χ3n) is 3.21. The highest BCUT2D eigenvalue weighted by molar-refractivity contribution is 5.49. The van der Waals surface area contributed by atoms with E-state index in [9.17, 15) is 0 Å². The largest absolute Gasteiger partial charge is 0.398 e. The summed E-state index contributed by atoms with van der Waals surface area (Å²) >= 11 is 0. The van der Waals surface area contributed by atoms with Gasteiger partial charge < -0.3 is 5.73 Å². The van der Waals surface area contributed by atoms with E-state index in [-0.39, 0.29) is 0 Å². The molecule has 1 aromatic rings. The van der Waals surface area contributed by atoms with Crippen molar-refractivity contribution in [1.29, 1.82) is 0 Å². The first-order chi connectivity index (χ1) is 7.99. The maximum atomic E-state index is 6.11. The fourth-order valence-electron chi connectivity index (χ4n) is 1.93. The number of anilines is 1. The Morgan fingerprint density at radius 2 is 1.53 bits per heavy atom. The third kappa shape index (κ3) is 5.25. The molecule has 0 fully saturated rings. The van der Waals surface area contributed by atoms with E-state index in [0.29, 0.717) is 0 Å². The Labute approximate surface area is 106 Å². The molecule has 17 heavy (non-hydrogen) atoms. The number of nitrogen functional groups attached to an aromatic ring is 1. The predicted octanol–water partition coefficient (Wildman–Crippen LogP) is 4.45. The zero-order chi connectivity index (χ0) is 12.8. The van der Waals surface area contributed by atoms with Crippen LogP contribution < -0.4 is 5.73 Å². The van der Waals surface area contributed by atoms with Crippen LogP contribution in [-0.4, -0.2) is 0 Å². The van der Waals surface area contributed by atoms with Crippen LogP contribution >= 0.6 is 0 Å². The highest BCUT2D eigenvalue weighted by Crippen LogP contribution is 2.19. The average Bonchev–Trinajstić information content (AvgIpc) is 2.24. The summed E-state index contributed by atoms with van der Waals surface area (Å²) in [7, 11) is 0. The third-order valence-corrected chi connectivity index (χ3v) is 3.21. The Morgan fingerprint density at radius 1 is 0.941 bits per heavy atom. The van der Waals surface area contributed by atoms with Gasteiger partial charge in [0.2, 0.25) is 0 Å². The molecule has 0 spiro atoms. The minimum atomic E-state index is 0.745. The lowest BCUT2D eigenvalue weighted by Gasteiger charge is -2.10. The van der Waals surface area contributed by atoms with Gasteiger partial charge >= 0.3 is 0 Å². The molecule has 0 aliphatic rings. The normalized spacial score (nSPS) is 11.4. The fourth-order valence-corrected chi connectivity index (χ4v) is 1.93. The van der Waals surface area contributed by atoms with Crippen molar-refractivity contribution in [2.24, 2.45) is 11.8 Å². The number of hydrogen-bond donors (Lipinski definition) is 1. The Balaban J connectivity index is 2.59. The standard InChI is InChI=1S/C16H27N/c1-12(2)5-7-14-8-10-15(16(17)11-14)9-6-13(3)4/h8,10-13H,5-7,9,17H2,1-4H3. The van der Waals surface area contributed by atoms with Gasteiger partial charge in [-0.1, -0.05) is 39.8 Å². The van der Waals surface area contributed by atoms with Crippen molar-refractivity contribution in [3.05, 3.63) is 29.3 Å². The lowest BCUT2D eigenvalue weighted by molar-refractivity contribution is 0.584. The Bertz CT molecular complexity index is 339. The van der Waals surface area contributed by atoms with Crippen LogP contribution in [0.2, 0.25) is 0 Å². The maximum Gasteiger partial charge on any atom is 0.0349 e. The van der Waals surface area contributed by atoms with Gasteiger partial charge in [-0.05, 0) is 54.7 Å². The molecule has 0 bridgehead atoms. The first-order valence-electron chi connectivity index (χ1n) is 6.86. The molecular formula is C16H27N. The van der Waals surface area contributed by atoms with Crippen LogP contribution in [0, 0.1) is 11.8 Å². The van der Waals surface area contributed by atoms with E-state index in [1.807, 2.05) is 0 Å². The molecule has 0 aliphatic carbocycles. The summed E-state index contributed by atoms with van der Waals surface area (Å²) in [5, 5.41) is 0. The Hall–Kier alpha value is -0.980. The quantitative estimate of drug-likeness (QED) is 0.722. The number of benzene rings is 1. The average molecular weight is 233 g/mol. The summed E-state index contributed by atoms with van der Waals surface area (Å²) < 4.78 is 0. The van der Waals surface area contributed by atoms with Crippen molar-refractivity contribution in [3.8, 4) is 0 Å². The summed E-state index contributed by atoms with van der Waals surface area (Å²) in [6, 6.07) is 6.62. The van der Waals surface area contributed by atoms with Crippen LogP contribution in [0.25, 0.3) is 0 Å². The summed E-state index contributed by atoms with van der Waals surface area (Å²) in [5.74, 6) is 1.51. The summed E-state index contributed by atoms with van der Waals surface area (Å²) in [6.45, 7) is 9.04. The van der Waals surface area contributed by atoms with Crippen LogP contribution in [0.15, 0.2) is 18.2 Å². The Kier molecular flexibility index (Phi) is 5.54. The second kappa shape index (κ2) is 6.68. The number of hydrogen-bond acceptors (Lipinski definition) is 1. The van der Waals surface area contributed by atoms with Gasteiger partial charge in [-0.15, -0.1) is 0 Å². The van der Waals surface area contributed by atoms with E-state index in [4.69, 9.17) is 5.73 Å². The van der Waals surface area contributed by atoms with Gasteiger partial charge in [0.1, 0.15) is 0 Å². The molecule has 1 rings (SSSR count). The molecule has 0 atom stereocenters. The first-order valence-corrected chi connectivity index (χ1v) is 6.86. The summed E-state index contributed by atoms with van der Waals surface area (Å²) in [4.78, 5) is 0. The van der Waals surface area contributed by atoms with E-state index < -0.39 is 0 Å². The molecular weight excluding hydrogens is 206 g/mol. The van der Waals surface area contributed by atoms with Crippen LogP contribution in [0.3, 0.4) is 0 Å². The van der Waals surface area contributed by atoms with Crippen LogP contribution in [0.4, 0.5) is 5.69 Å². The number of nitrogens with two attached hydrogens (primary N) is 1. The molecule has 1 aromatic carbocycles. The second-order valence-electron chi connectivity index (χ2n) is 5.90. The van der Waals surface area contributed by atoms with Crippen molar-refractivity contribution < 1.29 is 0 Å². The van der Waals surface area contributed by atoms with E-state index in [1.54, 1.807) is 0 Å². The first kappa shape index (κ1) is 14.1. The molecule has 0 radical (unpaired) electrons. The Morgan fingerprint density at radius 3 is 2.06 bits per heavy atom. The number of rotatable bonds is 6. The molecule has 0 amide bonds. The topological polar surface area (TPSA) is 26.0 Å². The highest BCUT2D eigenvalue weighted by Gasteiger charge is 2.03. The van der Waals surface area contributed by atoms with E-state index in [2.05, 4.69) is 45.9 Å². The minimum absolute atomic E-state index is 0.745. The fraction of sp³-hybridized carbons (Fsp3) is 0.625. The molecule has 1 heteroatoms. The molecule has 2 N–H and O–H groups in total. The van der Waals surface area contributed by atoms with Crippen molar-refractivity contribution in [2.45, 2.75) is 53.4 Å². The van der Waals surface area contributed by atoms with Crippen LogP contribution in [0.5, 0.6) is 0 Å². The van der Waals surface area contributed by atoms with Gasteiger partial charge in [0.15, 0.2) is 0 Å². The smallest absolute Gasteiger partial charge is 0.0349 e. The van der Waals surface area contributed by atoms with E-state index in [0.717, 1.165) is 30.4 Å². The minimum Gasteiger partial charge on any atom is -0.398 e. The van der Waals surface area contributed by atoms with Gasteiger partial charge in [0, 0.05) is 5.69 Å². The van der Waals surface area contributed by atoms with Gasteiger partial charge in [-0.25, -0.2) is 0 Å². The molecule has 0 heterocycles. The lowest BCUT2D eigenvalue weighted by Crippen LogP contribution is -2.00. The molecule has 0 aliphatic heterocycles. The van der Waals surface area contributed by atoms with Crippen molar-refractivity contribution in [1.82, 2.24) is 0 Å². The number of aryl methyl sites for hydroxylation is 2.